The number of aliphatic carboxylic acids is 1. The van der Waals surface area contributed by atoms with Gasteiger partial charge in [0.05, 0.1) is 0 Å². The van der Waals surface area contributed by atoms with Crippen LogP contribution in [0.4, 0.5) is 4.39 Å². The van der Waals surface area contributed by atoms with E-state index < -0.39 is 5.97 Å². The van der Waals surface area contributed by atoms with E-state index in [0.717, 1.165) is 36.8 Å². The standard InChI is InChI=1S/C15H19BrFNO2.ClH/c16-13-3-4-14(17)12(9-13)10-18-6-1-2-11(5-7-18)8-15(19)20;/h3-4,9,11H,1-2,5-8,10H2,(H,19,20);1H. The molecule has 3 nitrogen and oxygen atoms in total. The molecule has 2 rings (SSSR count). The summed E-state index contributed by atoms with van der Waals surface area (Å²) >= 11 is 3.36. The van der Waals surface area contributed by atoms with Crippen LogP contribution in [0, 0.1) is 11.7 Å². The molecule has 0 radical (unpaired) electrons. The van der Waals surface area contributed by atoms with Crippen LogP contribution in [0.3, 0.4) is 0 Å². The molecule has 0 bridgehead atoms. The van der Waals surface area contributed by atoms with Crippen LogP contribution in [0.1, 0.15) is 31.2 Å². The summed E-state index contributed by atoms with van der Waals surface area (Å²) in [6, 6.07) is 4.99. The van der Waals surface area contributed by atoms with Gasteiger partial charge in [0.25, 0.3) is 0 Å². The molecule has 0 saturated carbocycles. The highest BCUT2D eigenvalue weighted by atomic mass is 79.9. The second kappa shape index (κ2) is 8.71. The first kappa shape index (κ1) is 18.4. The zero-order valence-corrected chi connectivity index (χ0v) is 14.1. The van der Waals surface area contributed by atoms with Crippen molar-refractivity contribution in [3.05, 3.63) is 34.1 Å². The minimum absolute atomic E-state index is 0. The van der Waals surface area contributed by atoms with Gasteiger partial charge in [-0.25, -0.2) is 4.39 Å². The van der Waals surface area contributed by atoms with Crippen molar-refractivity contribution in [3.63, 3.8) is 0 Å². The Balaban J connectivity index is 0.00000220. The molecule has 0 spiro atoms. The molecule has 0 aliphatic carbocycles. The number of halogens is 3. The third-order valence-electron chi connectivity index (χ3n) is 3.81. The van der Waals surface area contributed by atoms with E-state index in [4.69, 9.17) is 5.11 Å². The van der Waals surface area contributed by atoms with Gasteiger partial charge in [0, 0.05) is 23.0 Å². The lowest BCUT2D eigenvalue weighted by Gasteiger charge is -2.20. The van der Waals surface area contributed by atoms with Crippen LogP contribution < -0.4 is 0 Å². The Morgan fingerprint density at radius 1 is 1.38 bits per heavy atom. The van der Waals surface area contributed by atoms with Gasteiger partial charge in [0.1, 0.15) is 5.82 Å². The van der Waals surface area contributed by atoms with Crippen molar-refractivity contribution in [1.82, 2.24) is 4.90 Å². The summed E-state index contributed by atoms with van der Waals surface area (Å²) in [5.41, 5.74) is 0.691. The van der Waals surface area contributed by atoms with E-state index in [-0.39, 0.29) is 30.6 Å². The summed E-state index contributed by atoms with van der Waals surface area (Å²) in [5.74, 6) is -0.647. The minimum Gasteiger partial charge on any atom is -0.481 e. The van der Waals surface area contributed by atoms with E-state index in [1.807, 2.05) is 6.07 Å². The largest absolute Gasteiger partial charge is 0.481 e. The zero-order valence-electron chi connectivity index (χ0n) is 11.7. The Morgan fingerprint density at radius 3 is 2.86 bits per heavy atom. The summed E-state index contributed by atoms with van der Waals surface area (Å²) in [5, 5.41) is 8.86. The first-order chi connectivity index (χ1) is 9.54. The summed E-state index contributed by atoms with van der Waals surface area (Å²) in [7, 11) is 0. The molecule has 1 atom stereocenters. The molecular formula is C15H20BrClFNO2. The predicted octanol–water partition coefficient (Wildman–Crippen LogP) is 4.09. The van der Waals surface area contributed by atoms with Crippen LogP contribution in [0.25, 0.3) is 0 Å². The second-order valence-electron chi connectivity index (χ2n) is 5.41. The smallest absolute Gasteiger partial charge is 0.303 e. The fourth-order valence-electron chi connectivity index (χ4n) is 2.74. The van der Waals surface area contributed by atoms with Gasteiger partial charge in [-0.05, 0) is 56.5 Å². The molecule has 1 saturated heterocycles. The van der Waals surface area contributed by atoms with Gasteiger partial charge in [-0.3, -0.25) is 9.69 Å². The quantitative estimate of drug-likeness (QED) is 0.855. The average Bonchev–Trinajstić information content (AvgIpc) is 2.59. The van der Waals surface area contributed by atoms with Gasteiger partial charge in [-0.15, -0.1) is 12.4 Å². The summed E-state index contributed by atoms with van der Waals surface area (Å²) in [6.07, 6.45) is 3.05. The van der Waals surface area contributed by atoms with Gasteiger partial charge >= 0.3 is 5.97 Å². The van der Waals surface area contributed by atoms with Crippen LogP contribution in [0.2, 0.25) is 0 Å². The Hall–Kier alpha value is -0.650. The maximum atomic E-state index is 13.7. The van der Waals surface area contributed by atoms with Crippen LogP contribution in [0.5, 0.6) is 0 Å². The zero-order chi connectivity index (χ0) is 14.5. The number of likely N-dealkylation sites (tertiary alicyclic amines) is 1. The van der Waals surface area contributed by atoms with Crippen LogP contribution in [0.15, 0.2) is 22.7 Å². The van der Waals surface area contributed by atoms with E-state index in [1.165, 1.54) is 6.07 Å². The van der Waals surface area contributed by atoms with E-state index in [9.17, 15) is 9.18 Å². The van der Waals surface area contributed by atoms with Gasteiger partial charge in [0.15, 0.2) is 0 Å². The van der Waals surface area contributed by atoms with Crippen molar-refractivity contribution in [1.29, 1.82) is 0 Å². The van der Waals surface area contributed by atoms with Crippen molar-refractivity contribution in [2.45, 2.75) is 32.2 Å². The average molecular weight is 381 g/mol. The molecule has 118 valence electrons. The second-order valence-corrected chi connectivity index (χ2v) is 6.32. The highest BCUT2D eigenvalue weighted by Gasteiger charge is 2.20. The Labute approximate surface area is 139 Å². The summed E-state index contributed by atoms with van der Waals surface area (Å²) < 4.78 is 14.6. The Bertz CT molecular complexity index is 487. The lowest BCUT2D eigenvalue weighted by atomic mass is 9.97. The monoisotopic (exact) mass is 379 g/mol. The number of hydrogen-bond acceptors (Lipinski definition) is 2. The molecule has 1 fully saturated rings. The first-order valence-electron chi connectivity index (χ1n) is 6.92. The third-order valence-corrected chi connectivity index (χ3v) is 4.30. The number of rotatable bonds is 4. The number of benzene rings is 1. The van der Waals surface area contributed by atoms with Crippen LogP contribution >= 0.6 is 28.3 Å². The normalized spacial score (nSPS) is 19.6. The maximum absolute atomic E-state index is 13.7. The molecule has 1 aliphatic heterocycles. The fourth-order valence-corrected chi connectivity index (χ4v) is 3.15. The molecule has 0 aromatic heterocycles. The molecule has 6 heteroatoms. The van der Waals surface area contributed by atoms with Crippen molar-refractivity contribution >= 4 is 34.3 Å². The van der Waals surface area contributed by atoms with Crippen molar-refractivity contribution in [3.8, 4) is 0 Å². The fraction of sp³-hybridized carbons (Fsp3) is 0.533. The number of carbonyl (C=O) groups is 1. The van der Waals surface area contributed by atoms with Crippen molar-refractivity contribution < 1.29 is 14.3 Å². The van der Waals surface area contributed by atoms with Gasteiger partial charge in [-0.2, -0.15) is 0 Å². The third kappa shape index (κ3) is 5.93. The van der Waals surface area contributed by atoms with Crippen LogP contribution in [-0.4, -0.2) is 29.1 Å². The van der Waals surface area contributed by atoms with E-state index in [1.54, 1.807) is 6.07 Å². The number of hydrogen-bond donors (Lipinski definition) is 1. The molecule has 1 aromatic rings. The van der Waals surface area contributed by atoms with Crippen molar-refractivity contribution in [2.24, 2.45) is 5.92 Å². The molecular weight excluding hydrogens is 361 g/mol. The molecule has 1 aromatic carbocycles. The van der Waals surface area contributed by atoms with Gasteiger partial charge in [0.2, 0.25) is 0 Å². The number of carboxylic acid groups (broad SMARTS) is 1. The highest BCUT2D eigenvalue weighted by Crippen LogP contribution is 2.23. The van der Waals surface area contributed by atoms with E-state index >= 15 is 0 Å². The molecule has 1 unspecified atom stereocenters. The maximum Gasteiger partial charge on any atom is 0.303 e. The molecule has 1 N–H and O–H groups in total. The van der Waals surface area contributed by atoms with E-state index in [2.05, 4.69) is 20.8 Å². The summed E-state index contributed by atoms with van der Waals surface area (Å²) in [4.78, 5) is 13.0. The number of carboxylic acids is 1. The topological polar surface area (TPSA) is 40.5 Å². The Morgan fingerprint density at radius 2 is 2.14 bits per heavy atom. The molecule has 1 heterocycles. The molecule has 0 amide bonds. The minimum atomic E-state index is -0.721. The predicted molar refractivity (Wildman–Crippen MR) is 86.2 cm³/mol. The van der Waals surface area contributed by atoms with E-state index in [0.29, 0.717) is 12.1 Å². The highest BCUT2D eigenvalue weighted by molar-refractivity contribution is 9.10. The van der Waals surface area contributed by atoms with Crippen molar-refractivity contribution in [2.75, 3.05) is 13.1 Å². The summed E-state index contributed by atoms with van der Waals surface area (Å²) in [6.45, 7) is 2.33. The molecule has 1 aliphatic rings. The van der Waals surface area contributed by atoms with Gasteiger partial charge in [-0.1, -0.05) is 15.9 Å². The molecule has 21 heavy (non-hydrogen) atoms. The number of nitrogens with zero attached hydrogens (tertiary/aromatic N) is 1. The SMILES string of the molecule is Cl.O=C(O)CC1CCCN(Cc2cc(Br)ccc2F)CC1. The lowest BCUT2D eigenvalue weighted by molar-refractivity contribution is -0.138. The lowest BCUT2D eigenvalue weighted by Crippen LogP contribution is -2.25. The Kier molecular flexibility index (Phi) is 7.63. The van der Waals surface area contributed by atoms with Crippen LogP contribution in [-0.2, 0) is 11.3 Å². The van der Waals surface area contributed by atoms with Gasteiger partial charge < -0.3 is 5.11 Å². The first-order valence-corrected chi connectivity index (χ1v) is 7.72.